The molecule has 1 aliphatic rings. The summed E-state index contributed by atoms with van der Waals surface area (Å²) in [5.41, 5.74) is 0. The first-order valence-electron chi connectivity index (χ1n) is 29.3. The van der Waals surface area contributed by atoms with Gasteiger partial charge in [-0.1, -0.05) is 108 Å². The Hall–Kier alpha value is -6.35. The van der Waals surface area contributed by atoms with Gasteiger partial charge in [0, 0.05) is 49.3 Å². The number of rotatable bonds is 15. The number of likely N-dealkylation sites (N-methyl/N-ethyl adjacent to an activating group) is 7. The zero-order chi connectivity index (χ0) is 63.4. The number of nitrogens with one attached hydrogen (secondary N) is 4. The van der Waals surface area contributed by atoms with E-state index in [9.17, 15) is 52.7 Å². The second-order valence-corrected chi connectivity index (χ2v) is 24.7. The van der Waals surface area contributed by atoms with E-state index < -0.39 is 138 Å². The fraction of sp³-hybridized carbons (Fsp3) is 0.750. The van der Waals surface area contributed by atoms with Gasteiger partial charge in [-0.2, -0.15) is 0 Å². The standard InChI is InChI=1S/C60H105N11O11/c1-23-25-26-27-40(13)32-46-54(76)63-43(24-2)57(79)65(16)33-49(72)67(18)44(28-35(3)4)55(77)64-51(39(11)12)60(82)69(20)45(29-36(5)6)53(75)61-41(14)52(74)62-42(15)56(78)70(21)48(31-38(9)10)59(81)71(22)47(30-37(7)8)58(80)66(17)34-50(73)68(46)19/h23,25-26,35-48,51H,1,24,27-34H2,2-22H3,(H,61,75)(H,62,74)(H,63,76)(H,64,77)/b26-25+/t40-,41+,42-,43+,44+,45+,46?,47?,48?,51?/m1/s1. The van der Waals surface area contributed by atoms with E-state index in [1.165, 1.54) is 92.6 Å². The molecule has 0 aromatic rings. The third-order valence-corrected chi connectivity index (χ3v) is 15.1. The van der Waals surface area contributed by atoms with E-state index in [0.29, 0.717) is 6.42 Å². The molecule has 1 aliphatic heterocycles. The summed E-state index contributed by atoms with van der Waals surface area (Å²) in [6.07, 6.45) is 6.78. The molecule has 10 atom stereocenters. The molecule has 1 saturated heterocycles. The van der Waals surface area contributed by atoms with Crippen molar-refractivity contribution in [1.29, 1.82) is 0 Å². The summed E-state index contributed by atoms with van der Waals surface area (Å²) in [6, 6.07) is -10.3. The van der Waals surface area contributed by atoms with Gasteiger partial charge in [0.05, 0.1) is 13.1 Å². The van der Waals surface area contributed by atoms with E-state index in [4.69, 9.17) is 0 Å². The van der Waals surface area contributed by atoms with Crippen molar-refractivity contribution in [2.45, 2.75) is 196 Å². The molecule has 0 aromatic heterocycles. The van der Waals surface area contributed by atoms with Gasteiger partial charge in [-0.25, -0.2) is 0 Å². The molecule has 11 amide bonds. The van der Waals surface area contributed by atoms with Crippen molar-refractivity contribution in [3.05, 3.63) is 24.8 Å². The second-order valence-electron chi connectivity index (χ2n) is 24.7. The predicted molar refractivity (Wildman–Crippen MR) is 318 cm³/mol. The molecule has 0 spiro atoms. The number of carbonyl (C=O) groups is 11. The molecule has 82 heavy (non-hydrogen) atoms. The number of hydrogen-bond acceptors (Lipinski definition) is 11. The SMILES string of the molecule is C=C/C=C/C[C@@H](C)CC1C(=O)N[C@@H](CC)C(=O)N(C)CC(=O)N(C)[C@@H](CC(C)C)C(=O)NC(C(C)C)C(=O)N(C)[C@@H](CC(C)C)C(=O)N[C@@H](C)C(=O)N[C@H](C)C(=O)N(C)C(CC(C)C)C(=O)N(C)C(CC(C)C)C(=O)N(C)CC(=O)N1C. The summed E-state index contributed by atoms with van der Waals surface area (Å²) >= 11 is 0. The fourth-order valence-corrected chi connectivity index (χ4v) is 9.86. The van der Waals surface area contributed by atoms with E-state index in [1.54, 1.807) is 32.9 Å². The predicted octanol–water partition coefficient (Wildman–Crippen LogP) is 3.44. The van der Waals surface area contributed by atoms with Crippen LogP contribution >= 0.6 is 0 Å². The summed E-state index contributed by atoms with van der Waals surface area (Å²) in [5, 5.41) is 11.1. The fourth-order valence-electron chi connectivity index (χ4n) is 9.86. The normalized spacial score (nSPS) is 26.0. The summed E-state index contributed by atoms with van der Waals surface area (Å²) in [5.74, 6) is -7.94. The summed E-state index contributed by atoms with van der Waals surface area (Å²) in [6.45, 7) is 27.7. The Labute approximate surface area is 490 Å². The van der Waals surface area contributed by atoms with Gasteiger partial charge in [-0.15, -0.1) is 0 Å². The quantitative estimate of drug-likeness (QED) is 0.173. The molecule has 4 unspecified atom stereocenters. The second kappa shape index (κ2) is 34.3. The van der Waals surface area contributed by atoms with Crippen LogP contribution in [0.4, 0.5) is 0 Å². The Bertz CT molecular complexity index is 2250. The van der Waals surface area contributed by atoms with Crippen LogP contribution in [0.3, 0.4) is 0 Å². The topological polar surface area (TPSA) is 259 Å². The monoisotopic (exact) mass is 1160 g/mol. The van der Waals surface area contributed by atoms with E-state index in [2.05, 4.69) is 27.8 Å². The molecule has 22 nitrogen and oxygen atoms in total. The van der Waals surface area contributed by atoms with E-state index in [0.717, 1.165) is 4.90 Å². The van der Waals surface area contributed by atoms with Crippen molar-refractivity contribution in [3.8, 4) is 0 Å². The average Bonchev–Trinajstić information content (AvgIpc) is 3.39. The van der Waals surface area contributed by atoms with Gasteiger partial charge in [0.1, 0.15) is 54.4 Å². The van der Waals surface area contributed by atoms with E-state index in [-0.39, 0.29) is 68.1 Å². The van der Waals surface area contributed by atoms with Crippen molar-refractivity contribution in [1.82, 2.24) is 55.6 Å². The molecular formula is C60H105N11O11. The van der Waals surface area contributed by atoms with Crippen LogP contribution in [0, 0.1) is 35.5 Å². The number of amides is 11. The van der Waals surface area contributed by atoms with Gasteiger partial charge in [0.25, 0.3) is 0 Å². The highest BCUT2D eigenvalue weighted by molar-refractivity contribution is 5.99. The Morgan fingerprint density at radius 2 is 0.829 bits per heavy atom. The van der Waals surface area contributed by atoms with Crippen LogP contribution in [0.5, 0.6) is 0 Å². The third-order valence-electron chi connectivity index (χ3n) is 15.1. The van der Waals surface area contributed by atoms with Crippen molar-refractivity contribution >= 4 is 65.0 Å². The van der Waals surface area contributed by atoms with Gasteiger partial charge in [0.15, 0.2) is 0 Å². The molecule has 0 radical (unpaired) electrons. The Morgan fingerprint density at radius 3 is 1.28 bits per heavy atom. The molecule has 1 rings (SSSR count). The van der Waals surface area contributed by atoms with Crippen LogP contribution in [0.15, 0.2) is 24.8 Å². The maximum Gasteiger partial charge on any atom is 0.245 e. The van der Waals surface area contributed by atoms with Gasteiger partial charge >= 0.3 is 0 Å². The van der Waals surface area contributed by atoms with Crippen molar-refractivity contribution in [2.24, 2.45) is 35.5 Å². The first-order chi connectivity index (χ1) is 37.9. The zero-order valence-corrected chi connectivity index (χ0v) is 53.6. The lowest BCUT2D eigenvalue weighted by molar-refractivity contribution is -0.152. The Morgan fingerprint density at radius 1 is 0.451 bits per heavy atom. The first-order valence-corrected chi connectivity index (χ1v) is 29.3. The maximum absolute atomic E-state index is 14.7. The van der Waals surface area contributed by atoms with Crippen LogP contribution in [0.25, 0.3) is 0 Å². The molecule has 1 heterocycles. The van der Waals surface area contributed by atoms with Gasteiger partial charge in [0.2, 0.25) is 65.0 Å². The highest BCUT2D eigenvalue weighted by atomic mass is 16.2. The highest BCUT2D eigenvalue weighted by Crippen LogP contribution is 2.23. The smallest absolute Gasteiger partial charge is 0.245 e. The van der Waals surface area contributed by atoms with Crippen LogP contribution in [-0.2, 0) is 52.7 Å². The van der Waals surface area contributed by atoms with Crippen molar-refractivity contribution in [2.75, 3.05) is 62.4 Å². The average molecular weight is 1160 g/mol. The largest absolute Gasteiger partial charge is 0.343 e. The molecule has 22 heteroatoms. The molecular weight excluding hydrogens is 1050 g/mol. The Kier molecular flexibility index (Phi) is 30.8. The molecule has 4 N–H and O–H groups in total. The van der Waals surface area contributed by atoms with Crippen molar-refractivity contribution < 1.29 is 52.7 Å². The van der Waals surface area contributed by atoms with E-state index >= 15 is 0 Å². The molecule has 0 aromatic carbocycles. The minimum absolute atomic E-state index is 0.105. The molecule has 0 aliphatic carbocycles. The van der Waals surface area contributed by atoms with Gasteiger partial charge in [-0.05, 0) is 94.3 Å². The first kappa shape index (κ1) is 73.7. The zero-order valence-electron chi connectivity index (χ0n) is 53.6. The number of hydrogen-bond donors (Lipinski definition) is 4. The number of carbonyl (C=O) groups excluding carboxylic acids is 11. The number of nitrogens with zero attached hydrogens (tertiary/aromatic N) is 7. The minimum atomic E-state index is -1.21. The molecule has 0 saturated carbocycles. The lowest BCUT2D eigenvalue weighted by atomic mass is 9.96. The summed E-state index contributed by atoms with van der Waals surface area (Å²) in [4.78, 5) is 166. The highest BCUT2D eigenvalue weighted by Gasteiger charge is 2.41. The van der Waals surface area contributed by atoms with Crippen LogP contribution < -0.4 is 21.3 Å². The molecule has 466 valence electrons. The van der Waals surface area contributed by atoms with Crippen LogP contribution in [0.1, 0.15) is 142 Å². The Balaban J connectivity index is 4.14. The van der Waals surface area contributed by atoms with Gasteiger partial charge in [-0.3, -0.25) is 52.7 Å². The van der Waals surface area contributed by atoms with Crippen LogP contribution in [-0.4, -0.2) is 216 Å². The van der Waals surface area contributed by atoms with E-state index in [1.807, 2.05) is 68.4 Å². The van der Waals surface area contributed by atoms with Gasteiger partial charge < -0.3 is 55.6 Å². The van der Waals surface area contributed by atoms with Crippen LogP contribution in [0.2, 0.25) is 0 Å². The lowest BCUT2D eigenvalue weighted by Gasteiger charge is -2.38. The maximum atomic E-state index is 14.7. The van der Waals surface area contributed by atoms with Crippen molar-refractivity contribution in [3.63, 3.8) is 0 Å². The summed E-state index contributed by atoms with van der Waals surface area (Å²) in [7, 11) is 10.1. The number of allylic oxidation sites excluding steroid dienone is 3. The summed E-state index contributed by atoms with van der Waals surface area (Å²) < 4.78 is 0. The molecule has 1 fully saturated rings. The lowest BCUT2D eigenvalue weighted by Crippen LogP contribution is -2.60. The molecule has 0 bridgehead atoms. The third kappa shape index (κ3) is 22.1. The minimum Gasteiger partial charge on any atom is -0.343 e.